The molecule has 2 saturated heterocycles. The number of hydrogen-bond acceptors (Lipinski definition) is 5. The van der Waals surface area contributed by atoms with Crippen molar-refractivity contribution in [1.29, 1.82) is 0 Å². The van der Waals surface area contributed by atoms with E-state index >= 15 is 0 Å². The predicted molar refractivity (Wildman–Crippen MR) is 151 cm³/mol. The lowest BCUT2D eigenvalue weighted by Crippen LogP contribution is -2.45. The van der Waals surface area contributed by atoms with Crippen LogP contribution in [0.15, 0.2) is 54.6 Å². The van der Waals surface area contributed by atoms with Gasteiger partial charge in [0.1, 0.15) is 17.4 Å². The number of nitrogens with zero attached hydrogens (tertiary/aromatic N) is 5. The lowest BCUT2D eigenvalue weighted by Gasteiger charge is -2.40. The van der Waals surface area contributed by atoms with Gasteiger partial charge < -0.3 is 14.6 Å². The maximum Gasteiger partial charge on any atom is 0.326 e. The molecule has 5 rings (SSSR count). The number of nitrogens with one attached hydrogen (secondary N) is 1. The molecule has 2 aliphatic heterocycles. The number of piperidine rings is 1. The minimum absolute atomic E-state index is 0.118. The second-order valence-electron chi connectivity index (χ2n) is 10.9. The summed E-state index contributed by atoms with van der Waals surface area (Å²) in [5, 5.41) is 11.9. The SMILES string of the molecule is COc1ccc(NC(=O)N(CCCN2[C@@H]3CC[C@@H]2CC(n2c(C)nnc2C(C)C)C3)c2ccccc2)cc1. The number of urea groups is 1. The van der Waals surface area contributed by atoms with Gasteiger partial charge in [0.15, 0.2) is 0 Å². The van der Waals surface area contributed by atoms with Gasteiger partial charge in [-0.3, -0.25) is 9.80 Å². The smallest absolute Gasteiger partial charge is 0.326 e. The molecule has 0 spiro atoms. The third kappa shape index (κ3) is 5.55. The third-order valence-electron chi connectivity index (χ3n) is 8.09. The van der Waals surface area contributed by atoms with Crippen molar-refractivity contribution in [2.75, 3.05) is 30.4 Å². The first-order chi connectivity index (χ1) is 18.4. The summed E-state index contributed by atoms with van der Waals surface area (Å²) in [6.45, 7) is 8.15. The van der Waals surface area contributed by atoms with Crippen LogP contribution in [0.1, 0.15) is 69.6 Å². The van der Waals surface area contributed by atoms with E-state index in [2.05, 4.69) is 45.8 Å². The summed E-state index contributed by atoms with van der Waals surface area (Å²) in [7, 11) is 1.64. The summed E-state index contributed by atoms with van der Waals surface area (Å²) in [5.41, 5.74) is 1.66. The van der Waals surface area contributed by atoms with Gasteiger partial charge in [0.2, 0.25) is 0 Å². The Balaban J connectivity index is 1.22. The van der Waals surface area contributed by atoms with E-state index < -0.39 is 0 Å². The molecule has 2 fully saturated rings. The third-order valence-corrected chi connectivity index (χ3v) is 8.09. The van der Waals surface area contributed by atoms with Gasteiger partial charge in [-0.2, -0.15) is 0 Å². The molecule has 3 heterocycles. The topological polar surface area (TPSA) is 75.5 Å². The van der Waals surface area contributed by atoms with Crippen LogP contribution in [0.2, 0.25) is 0 Å². The second-order valence-corrected chi connectivity index (χ2v) is 10.9. The first kappa shape index (κ1) is 26.2. The standard InChI is InChI=1S/C30H40N6O2/c1-21(2)29-33-32-22(3)36(29)27-19-25-13-14-26(20-27)34(25)17-8-18-35(24-9-6-5-7-10-24)30(37)31-23-11-15-28(38-4)16-12-23/h5-7,9-12,15-16,21,25-27H,8,13-14,17-20H2,1-4H3,(H,31,37)/t25-,26-/m1/s1. The molecular formula is C30H40N6O2. The van der Waals surface area contributed by atoms with Crippen molar-refractivity contribution in [3.8, 4) is 5.75 Å². The number of rotatable bonds is 9. The van der Waals surface area contributed by atoms with Crippen molar-refractivity contribution in [2.45, 2.75) is 76.9 Å². The molecule has 8 nitrogen and oxygen atoms in total. The highest BCUT2D eigenvalue weighted by Gasteiger charge is 2.42. The van der Waals surface area contributed by atoms with Gasteiger partial charge in [0.05, 0.1) is 7.11 Å². The van der Waals surface area contributed by atoms with Crippen molar-refractivity contribution >= 4 is 17.4 Å². The van der Waals surface area contributed by atoms with Crippen LogP contribution in [0.3, 0.4) is 0 Å². The molecule has 2 amide bonds. The van der Waals surface area contributed by atoms with Crippen molar-refractivity contribution in [3.63, 3.8) is 0 Å². The molecule has 202 valence electrons. The molecule has 0 radical (unpaired) electrons. The van der Waals surface area contributed by atoms with Gasteiger partial charge in [-0.1, -0.05) is 32.0 Å². The van der Waals surface area contributed by atoms with E-state index in [1.54, 1.807) is 7.11 Å². The number of anilines is 2. The Morgan fingerprint density at radius 1 is 1.03 bits per heavy atom. The summed E-state index contributed by atoms with van der Waals surface area (Å²) >= 11 is 0. The number of para-hydroxylation sites is 1. The molecule has 2 bridgehead atoms. The second kappa shape index (κ2) is 11.6. The van der Waals surface area contributed by atoms with Crippen molar-refractivity contribution in [3.05, 3.63) is 66.2 Å². The van der Waals surface area contributed by atoms with Gasteiger partial charge >= 0.3 is 6.03 Å². The lowest BCUT2D eigenvalue weighted by atomic mass is 9.96. The van der Waals surface area contributed by atoms with Crippen LogP contribution in [0.4, 0.5) is 16.2 Å². The Morgan fingerprint density at radius 3 is 2.34 bits per heavy atom. The number of ether oxygens (including phenoxy) is 1. The molecule has 3 aromatic rings. The molecule has 38 heavy (non-hydrogen) atoms. The summed E-state index contributed by atoms with van der Waals surface area (Å²) in [5.74, 6) is 3.29. The fourth-order valence-electron chi connectivity index (χ4n) is 6.28. The van der Waals surface area contributed by atoms with Gasteiger partial charge in [0.25, 0.3) is 0 Å². The van der Waals surface area contributed by atoms with Crippen molar-refractivity contribution < 1.29 is 9.53 Å². The van der Waals surface area contributed by atoms with E-state index in [1.165, 1.54) is 12.8 Å². The van der Waals surface area contributed by atoms with Crippen LogP contribution in [0, 0.1) is 6.92 Å². The Labute approximate surface area is 226 Å². The van der Waals surface area contributed by atoms with E-state index in [9.17, 15) is 4.79 Å². The largest absolute Gasteiger partial charge is 0.497 e. The number of aryl methyl sites for hydroxylation is 1. The van der Waals surface area contributed by atoms with E-state index in [0.717, 1.165) is 54.6 Å². The Kier molecular flexibility index (Phi) is 7.98. The van der Waals surface area contributed by atoms with E-state index in [4.69, 9.17) is 4.74 Å². The van der Waals surface area contributed by atoms with Gasteiger partial charge in [-0.25, -0.2) is 4.79 Å². The highest BCUT2D eigenvalue weighted by molar-refractivity contribution is 6.01. The summed E-state index contributed by atoms with van der Waals surface area (Å²) in [4.78, 5) is 17.9. The predicted octanol–water partition coefficient (Wildman–Crippen LogP) is 6.02. The van der Waals surface area contributed by atoms with Gasteiger partial charge in [-0.05, 0) is 75.4 Å². The zero-order valence-electron chi connectivity index (χ0n) is 23.0. The van der Waals surface area contributed by atoms with Crippen LogP contribution in [-0.4, -0.2) is 58.0 Å². The van der Waals surface area contributed by atoms with E-state index in [0.29, 0.717) is 30.6 Å². The van der Waals surface area contributed by atoms with Gasteiger partial charge in [0, 0.05) is 48.5 Å². The Hall–Kier alpha value is -3.39. The number of benzene rings is 2. The molecule has 2 aromatic carbocycles. The van der Waals surface area contributed by atoms with Crippen molar-refractivity contribution in [1.82, 2.24) is 19.7 Å². The number of fused-ring (bicyclic) bond motifs is 2. The highest BCUT2D eigenvalue weighted by atomic mass is 16.5. The number of carbonyl (C=O) groups excluding carboxylic acids is 1. The molecule has 1 aromatic heterocycles. The number of methoxy groups -OCH3 is 1. The van der Waals surface area contributed by atoms with Crippen LogP contribution >= 0.6 is 0 Å². The van der Waals surface area contributed by atoms with Crippen LogP contribution in [0.5, 0.6) is 5.75 Å². The molecule has 0 unspecified atom stereocenters. The normalized spacial score (nSPS) is 21.0. The fraction of sp³-hybridized carbons (Fsp3) is 0.500. The minimum Gasteiger partial charge on any atom is -0.497 e. The van der Waals surface area contributed by atoms with Crippen molar-refractivity contribution in [2.24, 2.45) is 0 Å². The Morgan fingerprint density at radius 2 is 1.71 bits per heavy atom. The molecule has 8 heteroatoms. The molecular weight excluding hydrogens is 476 g/mol. The summed E-state index contributed by atoms with van der Waals surface area (Å²) < 4.78 is 7.65. The first-order valence-corrected chi connectivity index (χ1v) is 13.9. The number of carbonyl (C=O) groups is 1. The number of hydrogen-bond donors (Lipinski definition) is 1. The molecule has 2 atom stereocenters. The average molecular weight is 517 g/mol. The summed E-state index contributed by atoms with van der Waals surface area (Å²) in [6.07, 6.45) is 5.72. The Bertz CT molecular complexity index is 1200. The van der Waals surface area contributed by atoms with Crippen LogP contribution < -0.4 is 15.0 Å². The number of amides is 2. The molecule has 0 aliphatic carbocycles. The quantitative estimate of drug-likeness (QED) is 0.377. The van der Waals surface area contributed by atoms with E-state index in [1.807, 2.05) is 59.5 Å². The van der Waals surface area contributed by atoms with Gasteiger partial charge in [-0.15, -0.1) is 10.2 Å². The monoisotopic (exact) mass is 516 g/mol. The highest BCUT2D eigenvalue weighted by Crippen LogP contribution is 2.42. The van der Waals surface area contributed by atoms with Crippen LogP contribution in [0.25, 0.3) is 0 Å². The molecule has 0 saturated carbocycles. The first-order valence-electron chi connectivity index (χ1n) is 13.9. The molecule has 2 aliphatic rings. The number of aromatic nitrogens is 3. The fourth-order valence-corrected chi connectivity index (χ4v) is 6.28. The zero-order valence-corrected chi connectivity index (χ0v) is 23.0. The zero-order chi connectivity index (χ0) is 26.6. The van der Waals surface area contributed by atoms with E-state index in [-0.39, 0.29) is 6.03 Å². The average Bonchev–Trinajstić information content (AvgIpc) is 3.42. The summed E-state index contributed by atoms with van der Waals surface area (Å²) in [6, 6.07) is 18.9. The maximum absolute atomic E-state index is 13.3. The maximum atomic E-state index is 13.3. The molecule has 1 N–H and O–H groups in total. The lowest BCUT2D eigenvalue weighted by molar-refractivity contribution is 0.104. The van der Waals surface area contributed by atoms with Crippen LogP contribution in [-0.2, 0) is 0 Å². The minimum atomic E-state index is -0.118.